The standard InChI is InChI=1S/C28H21N3O5S2/c1-16-2-11-21-22(14-16)38-27(30-21)17-3-7-19(8-4-17)31-25(33)15-23(28(31)36)37-20-9-5-18(6-10-20)29-24(32)12-13-26(34)35/h2-14,23H,15H2,1H3,(H,29,32)(H,34,35)/b13-12+. The summed E-state index contributed by atoms with van der Waals surface area (Å²) in [4.78, 5) is 54.8. The molecular formula is C28H21N3O5S2. The van der Waals surface area contributed by atoms with Gasteiger partial charge in [-0.25, -0.2) is 14.7 Å². The molecule has 1 aromatic heterocycles. The van der Waals surface area contributed by atoms with Gasteiger partial charge in [0, 0.05) is 34.7 Å². The Labute approximate surface area is 226 Å². The van der Waals surface area contributed by atoms with Crippen LogP contribution in [-0.4, -0.2) is 39.0 Å². The highest BCUT2D eigenvalue weighted by atomic mass is 32.2. The van der Waals surface area contributed by atoms with Gasteiger partial charge in [-0.1, -0.05) is 6.07 Å². The molecule has 1 atom stereocenters. The Balaban J connectivity index is 1.25. The number of carboxylic acid groups (broad SMARTS) is 1. The number of thiazole rings is 1. The van der Waals surface area contributed by atoms with Crippen molar-refractivity contribution in [1.29, 1.82) is 0 Å². The summed E-state index contributed by atoms with van der Waals surface area (Å²) in [6.45, 7) is 2.04. The van der Waals surface area contributed by atoms with Gasteiger partial charge in [0.05, 0.1) is 21.2 Å². The number of aryl methyl sites for hydroxylation is 1. The molecule has 0 spiro atoms. The number of nitrogens with zero attached hydrogens (tertiary/aromatic N) is 2. The van der Waals surface area contributed by atoms with E-state index in [4.69, 9.17) is 10.1 Å². The molecule has 10 heteroatoms. The van der Waals surface area contributed by atoms with Crippen LogP contribution in [0.25, 0.3) is 20.8 Å². The maximum absolute atomic E-state index is 13.1. The third-order valence-corrected chi connectivity index (χ3v) is 8.06. The van der Waals surface area contributed by atoms with Crippen molar-refractivity contribution in [2.45, 2.75) is 23.5 Å². The van der Waals surface area contributed by atoms with Gasteiger partial charge in [-0.2, -0.15) is 0 Å². The molecule has 0 radical (unpaired) electrons. The molecule has 38 heavy (non-hydrogen) atoms. The summed E-state index contributed by atoms with van der Waals surface area (Å²) in [5.74, 6) is -2.32. The highest BCUT2D eigenvalue weighted by Crippen LogP contribution is 2.36. The summed E-state index contributed by atoms with van der Waals surface area (Å²) in [5.41, 5.74) is 4.04. The second kappa shape index (κ2) is 10.6. The van der Waals surface area contributed by atoms with Crippen LogP contribution in [0.5, 0.6) is 0 Å². The number of carbonyl (C=O) groups excluding carboxylic acids is 3. The van der Waals surface area contributed by atoms with Crippen molar-refractivity contribution >= 4 is 68.4 Å². The molecule has 1 unspecified atom stereocenters. The van der Waals surface area contributed by atoms with E-state index in [0.717, 1.165) is 37.8 Å². The molecule has 0 saturated carbocycles. The van der Waals surface area contributed by atoms with E-state index in [-0.39, 0.29) is 18.2 Å². The van der Waals surface area contributed by atoms with Gasteiger partial charge in [0.15, 0.2) is 0 Å². The van der Waals surface area contributed by atoms with E-state index in [2.05, 4.69) is 11.4 Å². The molecule has 8 nitrogen and oxygen atoms in total. The van der Waals surface area contributed by atoms with Gasteiger partial charge in [0.2, 0.25) is 17.7 Å². The first-order chi connectivity index (χ1) is 18.3. The number of fused-ring (bicyclic) bond motifs is 1. The SMILES string of the molecule is Cc1ccc2nc(-c3ccc(N4C(=O)CC(Sc5ccc(NC(=O)/C=C/C(=O)O)cc5)C4=O)cc3)sc2c1. The lowest BCUT2D eigenvalue weighted by molar-refractivity contribution is -0.131. The molecule has 3 amide bonds. The minimum Gasteiger partial charge on any atom is -0.478 e. The first-order valence-electron chi connectivity index (χ1n) is 11.6. The molecular weight excluding hydrogens is 522 g/mol. The van der Waals surface area contributed by atoms with E-state index in [1.807, 2.05) is 31.2 Å². The van der Waals surface area contributed by atoms with E-state index < -0.39 is 17.1 Å². The van der Waals surface area contributed by atoms with Crippen LogP contribution in [0.2, 0.25) is 0 Å². The number of anilines is 2. The van der Waals surface area contributed by atoms with Crippen molar-refractivity contribution < 1.29 is 24.3 Å². The van der Waals surface area contributed by atoms with Gasteiger partial charge in [-0.05, 0) is 73.2 Å². The fourth-order valence-corrected chi connectivity index (χ4v) is 6.11. The lowest BCUT2D eigenvalue weighted by Gasteiger charge is -2.15. The molecule has 190 valence electrons. The van der Waals surface area contributed by atoms with Crippen LogP contribution >= 0.6 is 23.1 Å². The number of aliphatic carboxylic acids is 1. The Hall–Kier alpha value is -4.28. The van der Waals surface area contributed by atoms with E-state index in [1.54, 1.807) is 47.7 Å². The Morgan fingerprint density at radius 1 is 1.05 bits per heavy atom. The number of hydrogen-bond acceptors (Lipinski definition) is 7. The third kappa shape index (κ3) is 5.51. The average molecular weight is 544 g/mol. The summed E-state index contributed by atoms with van der Waals surface area (Å²) in [7, 11) is 0. The van der Waals surface area contributed by atoms with Crippen LogP contribution in [-0.2, 0) is 19.2 Å². The zero-order valence-corrected chi connectivity index (χ0v) is 21.7. The number of thioether (sulfide) groups is 1. The number of imide groups is 1. The number of amides is 3. The van der Waals surface area contributed by atoms with E-state index in [9.17, 15) is 19.2 Å². The number of aromatic nitrogens is 1. The first-order valence-corrected chi connectivity index (χ1v) is 13.3. The first kappa shape index (κ1) is 25.4. The molecule has 4 aromatic rings. The smallest absolute Gasteiger partial charge is 0.328 e. The van der Waals surface area contributed by atoms with Gasteiger partial charge in [-0.15, -0.1) is 23.1 Å². The summed E-state index contributed by atoms with van der Waals surface area (Å²) in [6.07, 6.45) is 1.76. The Kier molecular flexibility index (Phi) is 7.08. The van der Waals surface area contributed by atoms with E-state index in [1.165, 1.54) is 22.2 Å². The average Bonchev–Trinajstić information content (AvgIpc) is 3.43. The van der Waals surface area contributed by atoms with Gasteiger partial charge < -0.3 is 10.4 Å². The molecule has 0 bridgehead atoms. The van der Waals surface area contributed by atoms with Crippen LogP contribution in [0.15, 0.2) is 83.8 Å². The molecule has 1 fully saturated rings. The van der Waals surface area contributed by atoms with E-state index in [0.29, 0.717) is 11.4 Å². The number of carbonyl (C=O) groups is 4. The number of nitrogens with one attached hydrogen (secondary N) is 1. The Bertz CT molecular complexity index is 1590. The molecule has 2 heterocycles. The van der Waals surface area contributed by atoms with Gasteiger partial charge in [0.25, 0.3) is 0 Å². The predicted molar refractivity (Wildman–Crippen MR) is 148 cm³/mol. The Morgan fingerprint density at radius 2 is 1.79 bits per heavy atom. The fraction of sp³-hybridized carbons (Fsp3) is 0.107. The molecule has 1 saturated heterocycles. The second-order valence-electron chi connectivity index (χ2n) is 8.60. The van der Waals surface area contributed by atoms with Gasteiger partial charge >= 0.3 is 5.97 Å². The summed E-state index contributed by atoms with van der Waals surface area (Å²) in [6, 6.07) is 20.2. The topological polar surface area (TPSA) is 117 Å². The largest absolute Gasteiger partial charge is 0.478 e. The molecule has 0 aliphatic carbocycles. The monoisotopic (exact) mass is 543 g/mol. The van der Waals surface area contributed by atoms with Crippen LogP contribution in [0.4, 0.5) is 11.4 Å². The van der Waals surface area contributed by atoms with Crippen molar-refractivity contribution in [2.24, 2.45) is 0 Å². The van der Waals surface area contributed by atoms with E-state index >= 15 is 0 Å². The zero-order valence-electron chi connectivity index (χ0n) is 20.1. The fourth-order valence-electron chi connectivity index (χ4n) is 3.99. The van der Waals surface area contributed by atoms with Crippen molar-refractivity contribution in [3.8, 4) is 10.6 Å². The minimum absolute atomic E-state index is 0.0843. The predicted octanol–water partition coefficient (Wildman–Crippen LogP) is 5.28. The maximum atomic E-state index is 13.1. The maximum Gasteiger partial charge on any atom is 0.328 e. The lowest BCUT2D eigenvalue weighted by atomic mass is 10.2. The number of carboxylic acids is 1. The molecule has 1 aliphatic rings. The van der Waals surface area contributed by atoms with Crippen molar-refractivity contribution in [3.05, 3.63) is 84.4 Å². The van der Waals surface area contributed by atoms with Gasteiger partial charge in [0.1, 0.15) is 5.01 Å². The van der Waals surface area contributed by atoms with Crippen molar-refractivity contribution in [3.63, 3.8) is 0 Å². The Morgan fingerprint density at radius 3 is 2.50 bits per heavy atom. The quantitative estimate of drug-likeness (QED) is 0.241. The lowest BCUT2D eigenvalue weighted by Crippen LogP contribution is -2.31. The molecule has 5 rings (SSSR count). The normalized spacial score (nSPS) is 15.5. The summed E-state index contributed by atoms with van der Waals surface area (Å²) in [5, 5.41) is 11.5. The minimum atomic E-state index is -1.21. The van der Waals surface area contributed by atoms with Crippen LogP contribution < -0.4 is 10.2 Å². The summed E-state index contributed by atoms with van der Waals surface area (Å²) >= 11 is 2.88. The number of benzene rings is 3. The molecule has 2 N–H and O–H groups in total. The van der Waals surface area contributed by atoms with Crippen LogP contribution in [0.3, 0.4) is 0 Å². The highest BCUT2D eigenvalue weighted by molar-refractivity contribution is 8.00. The molecule has 3 aromatic carbocycles. The highest BCUT2D eigenvalue weighted by Gasteiger charge is 2.40. The van der Waals surface area contributed by atoms with Gasteiger partial charge in [-0.3, -0.25) is 14.4 Å². The number of hydrogen-bond donors (Lipinski definition) is 2. The second-order valence-corrected chi connectivity index (χ2v) is 10.9. The zero-order chi connectivity index (χ0) is 26.8. The van der Waals surface area contributed by atoms with Crippen molar-refractivity contribution in [1.82, 2.24) is 4.98 Å². The third-order valence-electron chi connectivity index (χ3n) is 5.80. The van der Waals surface area contributed by atoms with Crippen molar-refractivity contribution in [2.75, 3.05) is 10.2 Å². The van der Waals surface area contributed by atoms with Crippen LogP contribution in [0.1, 0.15) is 12.0 Å². The van der Waals surface area contributed by atoms with Crippen LogP contribution in [0, 0.1) is 6.92 Å². The number of rotatable bonds is 7. The molecule has 1 aliphatic heterocycles. The summed E-state index contributed by atoms with van der Waals surface area (Å²) < 4.78 is 1.11.